The molecule has 7 heteroatoms. The summed E-state index contributed by atoms with van der Waals surface area (Å²) in [6.45, 7) is 4.86. The number of nitrogens with one attached hydrogen (secondary N) is 2. The van der Waals surface area contributed by atoms with E-state index < -0.39 is 0 Å². The van der Waals surface area contributed by atoms with Crippen molar-refractivity contribution < 1.29 is 0 Å². The highest BCUT2D eigenvalue weighted by molar-refractivity contribution is 5.79. The summed E-state index contributed by atoms with van der Waals surface area (Å²) in [4.78, 5) is 19.3. The van der Waals surface area contributed by atoms with Crippen molar-refractivity contribution in [2.75, 3.05) is 54.4 Å². The normalized spacial score (nSPS) is 19.3. The number of aromatic nitrogens is 2. The standard InChI is InChI=1S/C20H31N7/c1-21-20(23-12-17-14-25(2)10-11-26(17)3)27(4)15-19-22-13-18(24-19)16-8-6-5-7-9-16/h5-9,13,17H,10-12,14-15H2,1-4H3,(H,21,23)(H,22,24). The molecular weight excluding hydrogens is 338 g/mol. The third-order valence-electron chi connectivity index (χ3n) is 5.15. The first-order valence-electron chi connectivity index (χ1n) is 9.46. The number of aromatic amines is 1. The number of hydrogen-bond acceptors (Lipinski definition) is 4. The molecule has 146 valence electrons. The summed E-state index contributed by atoms with van der Waals surface area (Å²) < 4.78 is 0. The van der Waals surface area contributed by atoms with Crippen molar-refractivity contribution >= 4 is 5.96 Å². The molecule has 1 aliphatic heterocycles. The zero-order chi connectivity index (χ0) is 19.2. The molecule has 27 heavy (non-hydrogen) atoms. The molecule has 1 aromatic heterocycles. The average Bonchev–Trinajstić information content (AvgIpc) is 3.14. The predicted octanol–water partition coefficient (Wildman–Crippen LogP) is 1.33. The molecule has 0 radical (unpaired) electrons. The van der Waals surface area contributed by atoms with Gasteiger partial charge in [-0.05, 0) is 19.7 Å². The first-order valence-corrected chi connectivity index (χ1v) is 9.46. The Kier molecular flexibility index (Phi) is 6.47. The van der Waals surface area contributed by atoms with E-state index in [-0.39, 0.29) is 0 Å². The predicted molar refractivity (Wildman–Crippen MR) is 111 cm³/mol. The molecule has 2 N–H and O–H groups in total. The Labute approximate surface area is 162 Å². The van der Waals surface area contributed by atoms with Crippen LogP contribution >= 0.6 is 0 Å². The van der Waals surface area contributed by atoms with Gasteiger partial charge < -0.3 is 20.1 Å². The van der Waals surface area contributed by atoms with Crippen LogP contribution in [0.1, 0.15) is 5.82 Å². The van der Waals surface area contributed by atoms with E-state index in [2.05, 4.69) is 61.2 Å². The number of aliphatic imine (C=N–C) groups is 1. The van der Waals surface area contributed by atoms with Crippen molar-refractivity contribution in [1.29, 1.82) is 0 Å². The minimum atomic E-state index is 0.488. The van der Waals surface area contributed by atoms with Crippen LogP contribution in [-0.2, 0) is 6.54 Å². The van der Waals surface area contributed by atoms with Crippen LogP contribution in [-0.4, -0.2) is 91.0 Å². The fourth-order valence-electron chi connectivity index (χ4n) is 3.42. The summed E-state index contributed by atoms with van der Waals surface area (Å²) in [5.74, 6) is 1.81. The maximum absolute atomic E-state index is 4.53. The maximum atomic E-state index is 4.53. The van der Waals surface area contributed by atoms with Crippen molar-refractivity contribution in [3.63, 3.8) is 0 Å². The monoisotopic (exact) mass is 369 g/mol. The maximum Gasteiger partial charge on any atom is 0.193 e. The molecule has 0 amide bonds. The van der Waals surface area contributed by atoms with Crippen molar-refractivity contribution in [1.82, 2.24) is 30.0 Å². The smallest absolute Gasteiger partial charge is 0.193 e. The van der Waals surface area contributed by atoms with Crippen LogP contribution in [0.3, 0.4) is 0 Å². The van der Waals surface area contributed by atoms with Crippen molar-refractivity contribution in [2.24, 2.45) is 4.99 Å². The Morgan fingerprint density at radius 3 is 2.81 bits per heavy atom. The van der Waals surface area contributed by atoms with Gasteiger partial charge in [-0.2, -0.15) is 0 Å². The van der Waals surface area contributed by atoms with E-state index in [0.717, 1.165) is 49.2 Å². The summed E-state index contributed by atoms with van der Waals surface area (Å²) in [5, 5.41) is 3.51. The van der Waals surface area contributed by atoms with Gasteiger partial charge in [-0.25, -0.2) is 4.98 Å². The van der Waals surface area contributed by atoms with Gasteiger partial charge in [-0.1, -0.05) is 30.3 Å². The van der Waals surface area contributed by atoms with E-state index in [9.17, 15) is 0 Å². The molecule has 1 saturated heterocycles. The molecule has 3 rings (SSSR count). The topological polar surface area (TPSA) is 62.8 Å². The molecule has 0 bridgehead atoms. The van der Waals surface area contributed by atoms with Gasteiger partial charge in [0.05, 0.1) is 18.4 Å². The van der Waals surface area contributed by atoms with Gasteiger partial charge in [-0.15, -0.1) is 0 Å². The molecule has 1 fully saturated rings. The van der Waals surface area contributed by atoms with Crippen molar-refractivity contribution in [2.45, 2.75) is 12.6 Å². The number of imidazole rings is 1. The Bertz CT molecular complexity index is 740. The Balaban J connectivity index is 1.56. The highest BCUT2D eigenvalue weighted by Gasteiger charge is 2.22. The van der Waals surface area contributed by atoms with E-state index in [1.807, 2.05) is 38.5 Å². The van der Waals surface area contributed by atoms with Crippen LogP contribution in [0.15, 0.2) is 41.5 Å². The highest BCUT2D eigenvalue weighted by atomic mass is 15.3. The zero-order valence-electron chi connectivity index (χ0n) is 16.8. The third kappa shape index (κ3) is 5.08. The Hall–Kier alpha value is -2.38. The third-order valence-corrected chi connectivity index (χ3v) is 5.15. The Morgan fingerprint density at radius 2 is 2.07 bits per heavy atom. The molecule has 0 saturated carbocycles. The number of benzene rings is 1. The lowest BCUT2D eigenvalue weighted by atomic mass is 10.2. The van der Waals surface area contributed by atoms with Gasteiger partial charge in [0.15, 0.2) is 5.96 Å². The summed E-state index contributed by atoms with van der Waals surface area (Å²) in [6.07, 6.45) is 1.89. The van der Waals surface area contributed by atoms with Gasteiger partial charge in [0.1, 0.15) is 5.82 Å². The largest absolute Gasteiger partial charge is 0.355 e. The lowest BCUT2D eigenvalue weighted by molar-refractivity contribution is 0.116. The lowest BCUT2D eigenvalue weighted by Gasteiger charge is -2.38. The molecular formula is C20H31N7. The van der Waals surface area contributed by atoms with Crippen LogP contribution in [0.4, 0.5) is 0 Å². The van der Waals surface area contributed by atoms with Gasteiger partial charge in [0, 0.05) is 46.3 Å². The van der Waals surface area contributed by atoms with Crippen LogP contribution in [0.25, 0.3) is 11.3 Å². The molecule has 2 heterocycles. The number of H-pyrrole nitrogens is 1. The quantitative estimate of drug-likeness (QED) is 0.615. The van der Waals surface area contributed by atoms with Gasteiger partial charge >= 0.3 is 0 Å². The summed E-state index contributed by atoms with van der Waals surface area (Å²) in [6, 6.07) is 10.7. The van der Waals surface area contributed by atoms with E-state index in [4.69, 9.17) is 0 Å². The second-order valence-electron chi connectivity index (χ2n) is 7.29. The number of guanidine groups is 1. The molecule has 2 aromatic rings. The summed E-state index contributed by atoms with van der Waals surface area (Å²) in [5.41, 5.74) is 2.18. The molecule has 1 atom stereocenters. The minimum absolute atomic E-state index is 0.488. The van der Waals surface area contributed by atoms with Crippen LogP contribution in [0, 0.1) is 0 Å². The van der Waals surface area contributed by atoms with E-state index in [0.29, 0.717) is 12.6 Å². The van der Waals surface area contributed by atoms with Gasteiger partial charge in [-0.3, -0.25) is 9.89 Å². The number of rotatable bonds is 5. The Morgan fingerprint density at radius 1 is 1.30 bits per heavy atom. The minimum Gasteiger partial charge on any atom is -0.355 e. The molecule has 1 aromatic carbocycles. The second-order valence-corrected chi connectivity index (χ2v) is 7.29. The zero-order valence-corrected chi connectivity index (χ0v) is 16.8. The number of piperazine rings is 1. The van der Waals surface area contributed by atoms with Gasteiger partial charge in [0.2, 0.25) is 0 Å². The SMILES string of the molecule is CN=C(NCC1CN(C)CCN1C)N(C)Cc1ncc(-c2ccccc2)[nH]1. The fourth-order valence-corrected chi connectivity index (χ4v) is 3.42. The number of likely N-dealkylation sites (N-methyl/N-ethyl adjacent to an activating group) is 2. The van der Waals surface area contributed by atoms with Crippen LogP contribution < -0.4 is 5.32 Å². The first kappa shape index (κ1) is 19.4. The van der Waals surface area contributed by atoms with Crippen LogP contribution in [0.5, 0.6) is 0 Å². The summed E-state index contributed by atoms with van der Waals surface area (Å²) >= 11 is 0. The first-order chi connectivity index (χ1) is 13.1. The molecule has 0 aliphatic carbocycles. The molecule has 1 aliphatic rings. The van der Waals surface area contributed by atoms with E-state index in [1.165, 1.54) is 0 Å². The van der Waals surface area contributed by atoms with Crippen molar-refractivity contribution in [3.8, 4) is 11.3 Å². The highest BCUT2D eigenvalue weighted by Crippen LogP contribution is 2.16. The molecule has 7 nitrogen and oxygen atoms in total. The summed E-state index contributed by atoms with van der Waals surface area (Å²) in [7, 11) is 8.24. The average molecular weight is 370 g/mol. The molecule has 0 spiro atoms. The second kappa shape index (κ2) is 9.01. The number of hydrogen-bond donors (Lipinski definition) is 2. The number of nitrogens with zero attached hydrogens (tertiary/aromatic N) is 5. The fraction of sp³-hybridized carbons (Fsp3) is 0.500. The van der Waals surface area contributed by atoms with E-state index >= 15 is 0 Å². The lowest BCUT2D eigenvalue weighted by Crippen LogP contribution is -2.55. The van der Waals surface area contributed by atoms with Gasteiger partial charge in [0.25, 0.3) is 0 Å². The van der Waals surface area contributed by atoms with Crippen LogP contribution in [0.2, 0.25) is 0 Å². The van der Waals surface area contributed by atoms with E-state index in [1.54, 1.807) is 0 Å². The van der Waals surface area contributed by atoms with Crippen molar-refractivity contribution in [3.05, 3.63) is 42.4 Å². The molecule has 1 unspecified atom stereocenters.